The molecule has 0 atom stereocenters. The van der Waals surface area contributed by atoms with Crippen molar-refractivity contribution in [3.8, 4) is 0 Å². The van der Waals surface area contributed by atoms with E-state index in [1.807, 2.05) is 4.90 Å². The molecule has 0 radical (unpaired) electrons. The average molecular weight is 453 g/mol. The number of hydrogen-bond acceptors (Lipinski definition) is 5. The number of nitrogens with zero attached hydrogens (tertiary/aromatic N) is 4. The molecule has 3 heterocycles. The third-order valence-electron chi connectivity index (χ3n) is 6.22. The molecule has 0 unspecified atom stereocenters. The van der Waals surface area contributed by atoms with Crippen molar-refractivity contribution in [2.75, 3.05) is 39.3 Å². The van der Waals surface area contributed by atoms with Crippen molar-refractivity contribution in [3.05, 3.63) is 28.7 Å². The summed E-state index contributed by atoms with van der Waals surface area (Å²) in [6.07, 6.45) is 4.60. The molecule has 1 aromatic rings. The van der Waals surface area contributed by atoms with Crippen molar-refractivity contribution in [3.63, 3.8) is 0 Å². The fraction of sp³-hybridized carbons (Fsp3) is 0.667. The topological polar surface area (TPSA) is 100 Å². The van der Waals surface area contributed by atoms with Crippen molar-refractivity contribution in [1.82, 2.24) is 18.7 Å². The second kappa shape index (κ2) is 9.95. The molecule has 31 heavy (non-hydrogen) atoms. The number of aromatic nitrogens is 1. The molecule has 0 N–H and O–H groups in total. The smallest absolute Gasteiger partial charge is 0.251 e. The van der Waals surface area contributed by atoms with Gasteiger partial charge in [0.25, 0.3) is 5.56 Å². The predicted octanol–water partition coefficient (Wildman–Crippen LogP) is 0.740. The van der Waals surface area contributed by atoms with Crippen molar-refractivity contribution in [2.24, 2.45) is 5.92 Å². The summed E-state index contributed by atoms with van der Waals surface area (Å²) in [7, 11) is -3.72. The van der Waals surface area contributed by atoms with Crippen LogP contribution in [0.4, 0.5) is 0 Å². The Labute approximate surface area is 183 Å². The predicted molar refractivity (Wildman–Crippen MR) is 116 cm³/mol. The molecule has 1 aromatic heterocycles. The van der Waals surface area contributed by atoms with E-state index in [0.29, 0.717) is 39.0 Å². The zero-order chi connectivity index (χ0) is 22.6. The second-order valence-electron chi connectivity index (χ2n) is 8.11. The van der Waals surface area contributed by atoms with Gasteiger partial charge >= 0.3 is 0 Å². The number of sulfonamides is 1. The number of amides is 2. The van der Waals surface area contributed by atoms with Crippen molar-refractivity contribution in [1.29, 1.82) is 0 Å². The van der Waals surface area contributed by atoms with E-state index in [9.17, 15) is 22.8 Å². The Morgan fingerprint density at radius 1 is 1.00 bits per heavy atom. The lowest BCUT2D eigenvalue weighted by atomic mass is 9.95. The van der Waals surface area contributed by atoms with Gasteiger partial charge in [0.05, 0.1) is 4.90 Å². The molecule has 2 aliphatic heterocycles. The van der Waals surface area contributed by atoms with E-state index in [1.165, 1.54) is 22.6 Å². The molecule has 0 saturated carbocycles. The van der Waals surface area contributed by atoms with Crippen LogP contribution < -0.4 is 5.56 Å². The summed E-state index contributed by atoms with van der Waals surface area (Å²) in [6, 6.07) is 2.47. The van der Waals surface area contributed by atoms with Crippen LogP contribution in [0.2, 0.25) is 0 Å². The maximum absolute atomic E-state index is 12.8. The number of rotatable bonds is 7. The first-order valence-corrected chi connectivity index (χ1v) is 12.5. The second-order valence-corrected chi connectivity index (χ2v) is 10.0. The van der Waals surface area contributed by atoms with Crippen molar-refractivity contribution >= 4 is 21.8 Å². The summed E-state index contributed by atoms with van der Waals surface area (Å²) >= 11 is 0. The Morgan fingerprint density at radius 3 is 2.19 bits per heavy atom. The summed E-state index contributed by atoms with van der Waals surface area (Å²) in [6.45, 7) is 6.51. The number of hydrogen-bond donors (Lipinski definition) is 0. The minimum Gasteiger partial charge on any atom is -0.342 e. The zero-order valence-electron chi connectivity index (χ0n) is 18.3. The lowest BCUT2D eigenvalue weighted by Gasteiger charge is -2.33. The van der Waals surface area contributed by atoms with E-state index in [2.05, 4.69) is 0 Å². The molecule has 0 aromatic carbocycles. The largest absolute Gasteiger partial charge is 0.342 e. The van der Waals surface area contributed by atoms with Crippen molar-refractivity contribution in [2.45, 2.75) is 51.0 Å². The van der Waals surface area contributed by atoms with Gasteiger partial charge in [-0.2, -0.15) is 4.31 Å². The molecule has 2 aliphatic rings. The van der Waals surface area contributed by atoms with Crippen LogP contribution in [-0.2, 0) is 26.2 Å². The summed E-state index contributed by atoms with van der Waals surface area (Å²) in [4.78, 5) is 41.2. The first-order valence-electron chi connectivity index (χ1n) is 11.0. The average Bonchev–Trinajstić information content (AvgIpc) is 3.30. The highest BCUT2D eigenvalue weighted by Crippen LogP contribution is 2.22. The molecule has 172 valence electrons. The minimum absolute atomic E-state index is 0.00137. The highest BCUT2D eigenvalue weighted by atomic mass is 32.2. The molecular formula is C21H32N4O5S. The van der Waals surface area contributed by atoms with Crippen LogP contribution in [0.1, 0.15) is 39.5 Å². The van der Waals surface area contributed by atoms with Gasteiger partial charge in [-0.1, -0.05) is 13.8 Å². The van der Waals surface area contributed by atoms with Crippen LogP contribution in [0.3, 0.4) is 0 Å². The molecule has 0 spiro atoms. The lowest BCUT2D eigenvalue weighted by Crippen LogP contribution is -2.45. The van der Waals surface area contributed by atoms with Gasteiger partial charge < -0.3 is 14.4 Å². The van der Waals surface area contributed by atoms with E-state index in [1.54, 1.807) is 18.7 Å². The highest BCUT2D eigenvalue weighted by Gasteiger charge is 2.31. The summed E-state index contributed by atoms with van der Waals surface area (Å²) < 4.78 is 27.9. The Hall–Kier alpha value is -2.20. The number of likely N-dealkylation sites (tertiary alicyclic amines) is 2. The molecule has 2 fully saturated rings. The fourth-order valence-electron chi connectivity index (χ4n) is 4.32. The Bertz CT molecular complexity index is 956. The molecule has 10 heteroatoms. The molecule has 3 rings (SSSR count). The summed E-state index contributed by atoms with van der Waals surface area (Å²) in [5.74, 6) is -0.103. The Kier molecular flexibility index (Phi) is 7.53. The SMILES string of the molecule is CCN(CC)S(=O)(=O)c1ccc(=O)n(CC(=O)N2CCC(C(=O)N3CCCC3)CC2)c1. The van der Waals surface area contributed by atoms with E-state index < -0.39 is 15.6 Å². The van der Waals surface area contributed by atoms with E-state index >= 15 is 0 Å². The van der Waals surface area contributed by atoms with Crippen LogP contribution >= 0.6 is 0 Å². The Morgan fingerprint density at radius 2 is 1.61 bits per heavy atom. The van der Waals surface area contributed by atoms with Crippen LogP contribution in [-0.4, -0.2) is 78.2 Å². The molecular weight excluding hydrogens is 420 g/mol. The van der Waals surface area contributed by atoms with Crippen LogP contribution in [0.25, 0.3) is 0 Å². The van der Waals surface area contributed by atoms with Crippen LogP contribution in [0.15, 0.2) is 28.0 Å². The van der Waals surface area contributed by atoms with Gasteiger partial charge in [0.2, 0.25) is 21.8 Å². The van der Waals surface area contributed by atoms with Crippen LogP contribution in [0, 0.1) is 5.92 Å². The minimum atomic E-state index is -3.72. The monoisotopic (exact) mass is 452 g/mol. The first-order chi connectivity index (χ1) is 14.8. The molecule has 2 amide bonds. The normalized spacial score (nSPS) is 18.0. The van der Waals surface area contributed by atoms with Gasteiger partial charge in [0, 0.05) is 57.4 Å². The van der Waals surface area contributed by atoms with Gasteiger partial charge in [-0.3, -0.25) is 14.4 Å². The maximum atomic E-state index is 12.8. The third kappa shape index (κ3) is 5.17. The van der Waals surface area contributed by atoms with Gasteiger partial charge in [0.15, 0.2) is 0 Å². The standard InChI is InChI=1S/C21H32N4O5S/c1-3-25(4-2)31(29,30)18-7-8-19(26)24(15-18)16-20(27)22-13-9-17(10-14-22)21(28)23-11-5-6-12-23/h7-8,15,17H,3-6,9-14,16H2,1-2H3. The zero-order valence-corrected chi connectivity index (χ0v) is 19.1. The summed E-state index contributed by atoms with van der Waals surface area (Å²) in [5.41, 5.74) is -0.425. The van der Waals surface area contributed by atoms with Gasteiger partial charge in [-0.25, -0.2) is 8.42 Å². The molecule has 0 bridgehead atoms. The molecule has 0 aliphatic carbocycles. The highest BCUT2D eigenvalue weighted by molar-refractivity contribution is 7.89. The third-order valence-corrected chi connectivity index (χ3v) is 8.25. The van der Waals surface area contributed by atoms with Gasteiger partial charge in [-0.15, -0.1) is 0 Å². The maximum Gasteiger partial charge on any atom is 0.251 e. The van der Waals surface area contributed by atoms with E-state index in [4.69, 9.17) is 0 Å². The van der Waals surface area contributed by atoms with Crippen LogP contribution in [0.5, 0.6) is 0 Å². The van der Waals surface area contributed by atoms with Gasteiger partial charge in [-0.05, 0) is 31.7 Å². The lowest BCUT2D eigenvalue weighted by molar-refractivity contribution is -0.140. The molecule has 9 nitrogen and oxygen atoms in total. The van der Waals surface area contributed by atoms with Gasteiger partial charge in [0.1, 0.15) is 6.54 Å². The molecule has 2 saturated heterocycles. The number of carbonyl (C=O) groups is 2. The number of carbonyl (C=O) groups excluding carboxylic acids is 2. The van der Waals surface area contributed by atoms with E-state index in [-0.39, 0.29) is 29.2 Å². The van der Waals surface area contributed by atoms with E-state index in [0.717, 1.165) is 30.5 Å². The quantitative estimate of drug-likeness (QED) is 0.608. The number of piperidine rings is 1. The fourth-order valence-corrected chi connectivity index (χ4v) is 5.79. The summed E-state index contributed by atoms with van der Waals surface area (Å²) in [5, 5.41) is 0. The Balaban J connectivity index is 1.64. The first kappa shape index (κ1) is 23.5. The van der Waals surface area contributed by atoms with Crippen molar-refractivity contribution < 1.29 is 18.0 Å². The number of pyridine rings is 1.